The van der Waals surface area contributed by atoms with Gasteiger partial charge in [0.1, 0.15) is 0 Å². The Bertz CT molecular complexity index is 720. The molecule has 0 spiro atoms. The topological polar surface area (TPSA) is 58.5 Å². The molecule has 2 aromatic rings. The number of hydrogen-bond donors (Lipinski definition) is 1. The van der Waals surface area contributed by atoms with Crippen molar-refractivity contribution in [2.75, 3.05) is 0 Å². The highest BCUT2D eigenvalue weighted by molar-refractivity contribution is 7.89. The molecule has 104 valence electrons. The number of nitrogens with one attached hydrogen (secondary N) is 1. The first kappa shape index (κ1) is 14.3. The lowest BCUT2D eigenvalue weighted by atomic mass is 10.1. The highest BCUT2D eigenvalue weighted by Gasteiger charge is 2.11. The molecule has 0 radical (unpaired) electrons. The van der Waals surface area contributed by atoms with Crippen molar-refractivity contribution in [2.45, 2.75) is 18.7 Å². The molecule has 20 heavy (non-hydrogen) atoms. The van der Waals surface area contributed by atoms with Crippen LogP contribution >= 0.6 is 0 Å². The molecule has 0 bridgehead atoms. The van der Waals surface area contributed by atoms with Crippen molar-refractivity contribution in [3.05, 3.63) is 65.2 Å². The zero-order valence-electron chi connectivity index (χ0n) is 11.4. The van der Waals surface area contributed by atoms with Crippen molar-refractivity contribution in [3.63, 3.8) is 0 Å². The van der Waals surface area contributed by atoms with Gasteiger partial charge in [0.15, 0.2) is 0 Å². The van der Waals surface area contributed by atoms with E-state index in [0.29, 0.717) is 0 Å². The van der Waals surface area contributed by atoms with Crippen LogP contribution in [0.5, 0.6) is 0 Å². The molecular formula is C15H16N2O2S. The molecule has 4 nitrogen and oxygen atoms in total. The lowest BCUT2D eigenvalue weighted by Crippen LogP contribution is -2.18. The lowest BCUT2D eigenvalue weighted by Gasteiger charge is -2.04. The van der Waals surface area contributed by atoms with E-state index in [1.54, 1.807) is 24.3 Å². The molecule has 0 heterocycles. The van der Waals surface area contributed by atoms with Crippen LogP contribution < -0.4 is 4.83 Å². The number of hydrogen-bond acceptors (Lipinski definition) is 3. The Morgan fingerprint density at radius 3 is 2.30 bits per heavy atom. The maximum Gasteiger partial charge on any atom is 0.276 e. The second-order valence-electron chi connectivity index (χ2n) is 4.52. The smallest absolute Gasteiger partial charge is 0.200 e. The molecule has 0 aliphatic heterocycles. The molecule has 0 unspecified atom stereocenters. The van der Waals surface area contributed by atoms with Crippen molar-refractivity contribution in [1.82, 2.24) is 4.83 Å². The summed E-state index contributed by atoms with van der Waals surface area (Å²) in [4.78, 5) is 2.41. The SMILES string of the molecule is Cc1ccc(S(=O)(=O)NN=Cc2ccccc2C)cc1. The second-order valence-corrected chi connectivity index (χ2v) is 6.18. The molecular weight excluding hydrogens is 272 g/mol. The third-order valence-electron chi connectivity index (χ3n) is 2.90. The third-order valence-corrected chi connectivity index (χ3v) is 4.13. The van der Waals surface area contributed by atoms with E-state index >= 15 is 0 Å². The highest BCUT2D eigenvalue weighted by atomic mass is 32.2. The summed E-state index contributed by atoms with van der Waals surface area (Å²) in [6.07, 6.45) is 1.50. The number of sulfonamides is 1. The van der Waals surface area contributed by atoms with E-state index in [0.717, 1.165) is 16.7 Å². The number of aryl methyl sites for hydroxylation is 2. The third kappa shape index (κ3) is 3.45. The van der Waals surface area contributed by atoms with Crippen molar-refractivity contribution in [1.29, 1.82) is 0 Å². The molecule has 0 saturated carbocycles. The molecule has 0 aliphatic rings. The van der Waals surface area contributed by atoms with Crippen LogP contribution in [0.25, 0.3) is 0 Å². The predicted octanol–water partition coefficient (Wildman–Crippen LogP) is 2.62. The van der Waals surface area contributed by atoms with Crippen LogP contribution in [0.2, 0.25) is 0 Å². The van der Waals surface area contributed by atoms with Crippen LogP contribution in [-0.2, 0) is 10.0 Å². The van der Waals surface area contributed by atoms with E-state index in [1.807, 2.05) is 38.1 Å². The standard InChI is InChI=1S/C15H16N2O2S/c1-12-7-9-15(10-8-12)20(18,19)17-16-11-14-6-4-3-5-13(14)2/h3-11,17H,1-2H3. The average Bonchev–Trinajstić information content (AvgIpc) is 2.41. The minimum absolute atomic E-state index is 0.199. The Hall–Kier alpha value is -2.14. The fourth-order valence-electron chi connectivity index (χ4n) is 1.67. The number of nitrogens with zero attached hydrogens (tertiary/aromatic N) is 1. The van der Waals surface area contributed by atoms with Crippen molar-refractivity contribution in [2.24, 2.45) is 5.10 Å². The quantitative estimate of drug-likeness (QED) is 0.694. The summed E-state index contributed by atoms with van der Waals surface area (Å²) in [5, 5.41) is 3.81. The number of hydrazone groups is 1. The van der Waals surface area contributed by atoms with E-state index < -0.39 is 10.0 Å². The fraction of sp³-hybridized carbons (Fsp3) is 0.133. The monoisotopic (exact) mass is 288 g/mol. The number of rotatable bonds is 4. The van der Waals surface area contributed by atoms with Crippen LogP contribution in [0.4, 0.5) is 0 Å². The van der Waals surface area contributed by atoms with Gasteiger partial charge in [0.25, 0.3) is 10.0 Å². The minimum Gasteiger partial charge on any atom is -0.200 e. The Kier molecular flexibility index (Phi) is 4.20. The summed E-state index contributed by atoms with van der Waals surface area (Å²) in [7, 11) is -3.61. The van der Waals surface area contributed by atoms with Crippen molar-refractivity contribution >= 4 is 16.2 Å². The van der Waals surface area contributed by atoms with Gasteiger partial charge in [0.2, 0.25) is 0 Å². The summed E-state index contributed by atoms with van der Waals surface area (Å²) < 4.78 is 24.0. The molecule has 0 fully saturated rings. The molecule has 0 aromatic heterocycles. The van der Waals surface area contributed by atoms with E-state index in [-0.39, 0.29) is 4.90 Å². The molecule has 0 saturated heterocycles. The molecule has 2 rings (SSSR count). The van der Waals surface area contributed by atoms with E-state index in [1.165, 1.54) is 6.21 Å². The molecule has 5 heteroatoms. The van der Waals surface area contributed by atoms with Gasteiger partial charge in [0.05, 0.1) is 11.1 Å². The molecule has 2 aromatic carbocycles. The molecule has 0 atom stereocenters. The van der Waals surface area contributed by atoms with Crippen molar-refractivity contribution < 1.29 is 8.42 Å². The molecule has 0 aliphatic carbocycles. The Labute approximate surface area is 119 Å². The molecule has 0 amide bonds. The highest BCUT2D eigenvalue weighted by Crippen LogP contribution is 2.10. The van der Waals surface area contributed by atoms with Crippen LogP contribution in [0.3, 0.4) is 0 Å². The zero-order chi connectivity index (χ0) is 14.6. The van der Waals surface area contributed by atoms with E-state index in [4.69, 9.17) is 0 Å². The van der Waals surface area contributed by atoms with Gasteiger partial charge in [-0.1, -0.05) is 42.0 Å². The van der Waals surface area contributed by atoms with Crippen molar-refractivity contribution in [3.8, 4) is 0 Å². The van der Waals surface area contributed by atoms with Gasteiger partial charge in [-0.2, -0.15) is 13.5 Å². The Balaban J connectivity index is 2.14. The van der Waals surface area contributed by atoms with Gasteiger partial charge >= 0.3 is 0 Å². The van der Waals surface area contributed by atoms with Gasteiger partial charge < -0.3 is 0 Å². The average molecular weight is 288 g/mol. The van der Waals surface area contributed by atoms with Gasteiger partial charge in [-0.3, -0.25) is 0 Å². The number of benzene rings is 2. The normalized spacial score (nSPS) is 11.7. The van der Waals surface area contributed by atoms with E-state index in [9.17, 15) is 8.42 Å². The predicted molar refractivity (Wildman–Crippen MR) is 80.3 cm³/mol. The fourth-order valence-corrected chi connectivity index (χ4v) is 2.46. The zero-order valence-corrected chi connectivity index (χ0v) is 12.2. The summed E-state index contributed by atoms with van der Waals surface area (Å²) in [5.74, 6) is 0. The van der Waals surface area contributed by atoms with Crippen LogP contribution in [0, 0.1) is 13.8 Å². The van der Waals surface area contributed by atoms with Crippen LogP contribution in [0.15, 0.2) is 58.5 Å². The summed E-state index contributed by atoms with van der Waals surface area (Å²) in [6, 6.07) is 14.2. The van der Waals surface area contributed by atoms with Gasteiger partial charge in [0, 0.05) is 0 Å². The first-order valence-corrected chi connectivity index (χ1v) is 7.64. The second kappa shape index (κ2) is 5.88. The first-order chi connectivity index (χ1) is 9.49. The maximum atomic E-state index is 12.0. The minimum atomic E-state index is -3.61. The summed E-state index contributed by atoms with van der Waals surface area (Å²) >= 11 is 0. The maximum absolute atomic E-state index is 12.0. The van der Waals surface area contributed by atoms with Crippen LogP contribution in [-0.4, -0.2) is 14.6 Å². The summed E-state index contributed by atoms with van der Waals surface area (Å²) in [5.41, 5.74) is 2.91. The van der Waals surface area contributed by atoms with Crippen LogP contribution in [0.1, 0.15) is 16.7 Å². The summed E-state index contributed by atoms with van der Waals surface area (Å²) in [6.45, 7) is 3.84. The Morgan fingerprint density at radius 2 is 1.65 bits per heavy atom. The van der Waals surface area contributed by atoms with Gasteiger partial charge in [-0.05, 0) is 37.1 Å². The molecule has 1 N–H and O–H groups in total. The largest absolute Gasteiger partial charge is 0.276 e. The Morgan fingerprint density at radius 1 is 1.00 bits per heavy atom. The van der Waals surface area contributed by atoms with Gasteiger partial charge in [-0.15, -0.1) is 0 Å². The lowest BCUT2D eigenvalue weighted by molar-refractivity contribution is 0.584. The first-order valence-electron chi connectivity index (χ1n) is 6.16. The van der Waals surface area contributed by atoms with Gasteiger partial charge in [-0.25, -0.2) is 4.83 Å². The van der Waals surface area contributed by atoms with E-state index in [2.05, 4.69) is 9.93 Å².